The van der Waals surface area contributed by atoms with Crippen LogP contribution in [0.2, 0.25) is 0 Å². The molecule has 0 bridgehead atoms. The predicted molar refractivity (Wildman–Crippen MR) is 166 cm³/mol. The number of halogens is 1. The molecule has 1 atom stereocenters. The van der Waals surface area contributed by atoms with Gasteiger partial charge in [-0.25, -0.2) is 14.4 Å². The molecule has 0 saturated carbocycles. The van der Waals surface area contributed by atoms with E-state index in [1.165, 1.54) is 9.80 Å². The van der Waals surface area contributed by atoms with Crippen LogP contribution < -0.4 is 158 Å². The molecule has 0 radical (unpaired) electrons. The second kappa shape index (κ2) is 28.3. The molecular weight excluding hydrogens is 880 g/mol. The molecule has 14 nitrogen and oxygen atoms in total. The Morgan fingerprint density at radius 2 is 1.28 bits per heavy atom. The predicted octanol–water partition coefficient (Wildman–Crippen LogP) is -1.31. The van der Waals surface area contributed by atoms with Gasteiger partial charge in [-0.15, -0.1) is 0 Å². The van der Waals surface area contributed by atoms with Crippen molar-refractivity contribution in [2.24, 2.45) is 0 Å². The number of alkyl halides is 1. The standard InChI is InChI=1S/C19H28N2O6.C10H12ClNO2.CH2O3.2Cs.H/c1-13-7-9-15(10-8-13)21(6)18(24)26-12-25-16(22)11-14(2)20-17(23)27-19(3,4)5;1-8-3-5-9(6-4-8)12(2)10(13)14-7-11;2-1-4-3;;;/h7-10,14H,11-12H2,1-6H3,(H,20,23);3-6H,7H2,1-2H3;1,3H;;;/q;;;2*+1;-1/p-1. The normalized spacial score (nSPS) is 10.2. The van der Waals surface area contributed by atoms with Crippen LogP contribution in [0.15, 0.2) is 48.5 Å². The number of carbonyl (C=O) groups excluding carboxylic acids is 5. The number of nitrogens with one attached hydrogen (secondary N) is 1. The Hall–Kier alpha value is -0.456. The van der Waals surface area contributed by atoms with Gasteiger partial charge in [0.15, 0.2) is 6.07 Å². The summed E-state index contributed by atoms with van der Waals surface area (Å²) in [5, 5.41) is 11.0. The molecule has 3 amide bonds. The van der Waals surface area contributed by atoms with E-state index in [-0.39, 0.29) is 158 Å². The SMILES string of the molecule is Cc1ccc(N(C)C(=O)OCCl)cc1.Cc1ccc(N(C)C(=O)OCOC(=O)CC(C)NC(=O)OC(C)(C)C)cc1.O=CO[O-].[Cs+].[Cs+].[H-]. The molecule has 2 aromatic carbocycles. The van der Waals surface area contributed by atoms with Crippen molar-refractivity contribution in [1.29, 1.82) is 0 Å². The van der Waals surface area contributed by atoms with Gasteiger partial charge in [0.25, 0.3) is 6.47 Å². The van der Waals surface area contributed by atoms with Crippen LogP contribution in [0.5, 0.6) is 0 Å². The summed E-state index contributed by atoms with van der Waals surface area (Å²) in [4.78, 5) is 60.5. The van der Waals surface area contributed by atoms with E-state index in [0.29, 0.717) is 5.69 Å². The number of alkyl carbamates (subject to hydrolysis) is 1. The van der Waals surface area contributed by atoms with E-state index in [1.54, 1.807) is 53.9 Å². The number of amides is 3. The zero-order chi connectivity index (χ0) is 34.6. The molecule has 17 heteroatoms. The first-order chi connectivity index (χ1) is 21.0. The zero-order valence-corrected chi connectivity index (χ0v) is 42.0. The first-order valence-corrected chi connectivity index (χ1v) is 14.0. The molecule has 47 heavy (non-hydrogen) atoms. The average Bonchev–Trinajstić information content (AvgIpc) is 2.96. The van der Waals surface area contributed by atoms with Crippen molar-refractivity contribution in [3.05, 3.63) is 59.7 Å². The van der Waals surface area contributed by atoms with Gasteiger partial charge in [-0.05, 0) is 65.8 Å². The van der Waals surface area contributed by atoms with E-state index in [0.717, 1.165) is 16.8 Å². The number of hydrogen-bond acceptors (Lipinski definition) is 11. The van der Waals surface area contributed by atoms with Gasteiger partial charge in [0, 0.05) is 31.5 Å². The number of nitrogens with zero attached hydrogens (tertiary/aromatic N) is 2. The third kappa shape index (κ3) is 25.2. The van der Waals surface area contributed by atoms with Gasteiger partial charge in [-0.2, -0.15) is 0 Å². The summed E-state index contributed by atoms with van der Waals surface area (Å²) in [6.45, 7) is 10.1. The molecule has 0 aliphatic heterocycles. The third-order valence-electron chi connectivity index (χ3n) is 5.25. The van der Waals surface area contributed by atoms with E-state index in [1.807, 2.05) is 50.2 Å². The van der Waals surface area contributed by atoms with Crippen LogP contribution in [0.4, 0.5) is 25.8 Å². The number of esters is 1. The maximum Gasteiger partial charge on any atom is 1.00 e. The van der Waals surface area contributed by atoms with Crippen LogP contribution in [-0.4, -0.2) is 69.3 Å². The van der Waals surface area contributed by atoms with Crippen molar-refractivity contribution in [2.45, 2.75) is 59.6 Å². The van der Waals surface area contributed by atoms with Gasteiger partial charge in [0.1, 0.15) is 5.60 Å². The second-order valence-corrected chi connectivity index (χ2v) is 10.5. The number of rotatable bonds is 9. The topological polar surface area (TPSA) is 173 Å². The fourth-order valence-electron chi connectivity index (χ4n) is 3.00. The first-order valence-electron chi connectivity index (χ1n) is 13.4. The molecule has 2 aromatic rings. The Kier molecular flexibility index (Phi) is 30.6. The Morgan fingerprint density at radius 1 is 0.872 bits per heavy atom. The Bertz CT molecular complexity index is 1220. The molecule has 0 spiro atoms. The molecule has 0 heterocycles. The summed E-state index contributed by atoms with van der Waals surface area (Å²) in [6.07, 6.45) is -1.80. The van der Waals surface area contributed by atoms with Gasteiger partial charge in [-0.1, -0.05) is 47.0 Å². The quantitative estimate of drug-likeness (QED) is 0.0603. The summed E-state index contributed by atoms with van der Waals surface area (Å²) < 4.78 is 19.5. The van der Waals surface area contributed by atoms with E-state index in [9.17, 15) is 19.2 Å². The summed E-state index contributed by atoms with van der Waals surface area (Å²) >= 11 is 5.28. The molecular formula is C30H42ClCs2N3O11. The Morgan fingerprint density at radius 3 is 1.64 bits per heavy atom. The zero-order valence-electron chi connectivity index (χ0n) is 29.7. The molecule has 252 valence electrons. The Labute approximate surface area is 400 Å². The van der Waals surface area contributed by atoms with Gasteiger partial charge >= 0.3 is 162 Å². The fraction of sp³-hybridized carbons (Fsp3) is 0.433. The number of hydrogen-bond donors (Lipinski definition) is 1. The summed E-state index contributed by atoms with van der Waals surface area (Å²) in [7, 11) is 3.20. The van der Waals surface area contributed by atoms with Crippen LogP contribution in [0, 0.1) is 13.8 Å². The largest absolute Gasteiger partial charge is 1.00 e. The van der Waals surface area contributed by atoms with Crippen molar-refractivity contribution >= 4 is 53.7 Å². The van der Waals surface area contributed by atoms with Gasteiger partial charge < -0.3 is 35.8 Å². The van der Waals surface area contributed by atoms with Crippen molar-refractivity contribution < 1.29 is 192 Å². The van der Waals surface area contributed by atoms with E-state index in [4.69, 9.17) is 35.9 Å². The number of aryl methyl sites for hydroxylation is 2. The van der Waals surface area contributed by atoms with Crippen LogP contribution in [0.3, 0.4) is 0 Å². The summed E-state index contributed by atoms with van der Waals surface area (Å²) in [5.41, 5.74) is 3.04. The van der Waals surface area contributed by atoms with E-state index >= 15 is 0 Å². The van der Waals surface area contributed by atoms with E-state index < -0.39 is 42.7 Å². The monoisotopic (exact) mass is 921 g/mol. The van der Waals surface area contributed by atoms with Crippen LogP contribution in [0.25, 0.3) is 0 Å². The average molecular weight is 922 g/mol. The molecule has 1 N–H and O–H groups in total. The molecule has 0 aliphatic rings. The van der Waals surface area contributed by atoms with Crippen LogP contribution >= 0.6 is 11.6 Å². The van der Waals surface area contributed by atoms with Crippen molar-refractivity contribution in [1.82, 2.24) is 5.32 Å². The fourth-order valence-corrected chi connectivity index (χ4v) is 3.10. The second-order valence-electron chi connectivity index (χ2n) is 10.3. The molecule has 0 aliphatic carbocycles. The number of carbonyl (C=O) groups is 5. The van der Waals surface area contributed by atoms with Crippen molar-refractivity contribution in [3.8, 4) is 0 Å². The first kappa shape index (κ1) is 50.9. The van der Waals surface area contributed by atoms with Gasteiger partial charge in [0.05, 0.1) is 6.42 Å². The Balaban J connectivity index is -0.000000388. The van der Waals surface area contributed by atoms with Gasteiger partial charge in [0.2, 0.25) is 6.79 Å². The number of benzene rings is 2. The minimum Gasteiger partial charge on any atom is -1.00 e. The van der Waals surface area contributed by atoms with Crippen LogP contribution in [-0.2, 0) is 33.4 Å². The number of ether oxygens (including phenoxy) is 4. The maximum atomic E-state index is 11.9. The molecule has 0 saturated heterocycles. The maximum absolute atomic E-state index is 11.9. The minimum atomic E-state index is -0.647. The molecule has 0 aromatic heterocycles. The number of anilines is 2. The molecule has 2 rings (SSSR count). The smallest absolute Gasteiger partial charge is 1.00 e. The molecule has 1 unspecified atom stereocenters. The van der Waals surface area contributed by atoms with Crippen LogP contribution in [0.1, 0.15) is 46.7 Å². The van der Waals surface area contributed by atoms with E-state index in [2.05, 4.69) is 14.9 Å². The minimum absolute atomic E-state index is 0. The molecule has 0 fully saturated rings. The third-order valence-corrected chi connectivity index (χ3v) is 5.35. The summed E-state index contributed by atoms with van der Waals surface area (Å²) in [5.74, 6) is -0.607. The van der Waals surface area contributed by atoms with Crippen molar-refractivity contribution in [3.63, 3.8) is 0 Å². The van der Waals surface area contributed by atoms with Gasteiger partial charge in [-0.3, -0.25) is 19.4 Å². The van der Waals surface area contributed by atoms with Crippen molar-refractivity contribution in [2.75, 3.05) is 36.8 Å². The summed E-state index contributed by atoms with van der Waals surface area (Å²) in [6, 6.07) is 14.3.